The van der Waals surface area contributed by atoms with E-state index >= 15 is 0 Å². The highest BCUT2D eigenvalue weighted by molar-refractivity contribution is 5.65. The molecule has 94 valence electrons. The highest BCUT2D eigenvalue weighted by atomic mass is 16.5. The van der Waals surface area contributed by atoms with Gasteiger partial charge in [-0.15, -0.1) is 10.2 Å². The average molecular weight is 244 g/mol. The third kappa shape index (κ3) is 1.72. The summed E-state index contributed by atoms with van der Waals surface area (Å²) in [6, 6.07) is 5.76. The minimum atomic E-state index is 0.603. The number of benzene rings is 1. The minimum Gasteiger partial charge on any atom is -0.492 e. The van der Waals surface area contributed by atoms with E-state index in [9.17, 15) is 0 Å². The maximum Gasteiger partial charge on any atom is 0.164 e. The summed E-state index contributed by atoms with van der Waals surface area (Å²) in [4.78, 5) is 0. The van der Waals surface area contributed by atoms with Gasteiger partial charge in [0.1, 0.15) is 11.6 Å². The number of aryl methyl sites for hydroxylation is 1. The van der Waals surface area contributed by atoms with Crippen molar-refractivity contribution in [2.75, 3.05) is 12.3 Å². The molecular weight excluding hydrogens is 228 g/mol. The lowest BCUT2D eigenvalue weighted by atomic mass is 10.2. The first kappa shape index (κ1) is 11.1. The van der Waals surface area contributed by atoms with Gasteiger partial charge in [-0.05, 0) is 31.5 Å². The summed E-state index contributed by atoms with van der Waals surface area (Å²) in [5.74, 6) is 2.69. The maximum atomic E-state index is 5.87. The molecule has 2 heterocycles. The van der Waals surface area contributed by atoms with E-state index in [2.05, 4.69) is 14.8 Å². The molecule has 2 aromatic rings. The molecule has 5 nitrogen and oxygen atoms in total. The van der Waals surface area contributed by atoms with Crippen molar-refractivity contribution in [3.8, 4) is 17.1 Å². The summed E-state index contributed by atoms with van der Waals surface area (Å²) in [5, 5.41) is 8.47. The maximum absolute atomic E-state index is 5.87. The van der Waals surface area contributed by atoms with Crippen LogP contribution in [0, 0.1) is 0 Å². The van der Waals surface area contributed by atoms with E-state index in [1.54, 1.807) is 0 Å². The first-order chi connectivity index (χ1) is 8.79. The van der Waals surface area contributed by atoms with Gasteiger partial charge >= 0.3 is 0 Å². The van der Waals surface area contributed by atoms with E-state index in [4.69, 9.17) is 10.5 Å². The summed E-state index contributed by atoms with van der Waals surface area (Å²) in [5.41, 5.74) is 7.54. The number of anilines is 1. The number of rotatable bonds is 3. The van der Waals surface area contributed by atoms with Crippen molar-refractivity contribution in [3.05, 3.63) is 24.0 Å². The zero-order valence-corrected chi connectivity index (χ0v) is 10.4. The molecule has 0 saturated heterocycles. The van der Waals surface area contributed by atoms with Gasteiger partial charge in [0, 0.05) is 18.5 Å². The Bertz CT molecular complexity index is 576. The molecule has 1 aromatic carbocycles. The van der Waals surface area contributed by atoms with Crippen LogP contribution in [0.1, 0.15) is 19.2 Å². The smallest absolute Gasteiger partial charge is 0.164 e. The average Bonchev–Trinajstić information content (AvgIpc) is 2.94. The van der Waals surface area contributed by atoms with Crippen LogP contribution < -0.4 is 10.5 Å². The molecule has 18 heavy (non-hydrogen) atoms. The molecule has 0 spiro atoms. The lowest BCUT2D eigenvalue weighted by Crippen LogP contribution is -1.99. The minimum absolute atomic E-state index is 0.603. The monoisotopic (exact) mass is 244 g/mol. The molecule has 0 radical (unpaired) electrons. The SMILES string of the molecule is CCOc1cc(-c2nnc3n2CCC3)ccc1N. The molecule has 0 saturated carbocycles. The van der Waals surface area contributed by atoms with E-state index < -0.39 is 0 Å². The van der Waals surface area contributed by atoms with Gasteiger partial charge in [-0.1, -0.05) is 0 Å². The van der Waals surface area contributed by atoms with Crippen LogP contribution in [0.5, 0.6) is 5.75 Å². The second-order valence-corrected chi connectivity index (χ2v) is 4.38. The fourth-order valence-electron chi connectivity index (χ4n) is 2.32. The second kappa shape index (κ2) is 4.33. The van der Waals surface area contributed by atoms with Crippen molar-refractivity contribution in [2.45, 2.75) is 26.3 Å². The fourth-order valence-corrected chi connectivity index (χ4v) is 2.32. The van der Waals surface area contributed by atoms with Gasteiger partial charge in [-0.2, -0.15) is 0 Å². The van der Waals surface area contributed by atoms with Crippen LogP contribution >= 0.6 is 0 Å². The number of nitrogens with two attached hydrogens (primary N) is 1. The molecule has 1 aliphatic heterocycles. The van der Waals surface area contributed by atoms with Crippen LogP contribution in [-0.2, 0) is 13.0 Å². The number of fused-ring (bicyclic) bond motifs is 1. The van der Waals surface area contributed by atoms with Crippen LogP contribution in [0.25, 0.3) is 11.4 Å². The topological polar surface area (TPSA) is 66.0 Å². The first-order valence-electron chi connectivity index (χ1n) is 6.24. The number of ether oxygens (including phenoxy) is 1. The van der Waals surface area contributed by atoms with E-state index in [1.807, 2.05) is 25.1 Å². The quantitative estimate of drug-likeness (QED) is 0.837. The highest BCUT2D eigenvalue weighted by Gasteiger charge is 2.18. The molecule has 2 N–H and O–H groups in total. The Kier molecular flexibility index (Phi) is 2.66. The summed E-state index contributed by atoms with van der Waals surface area (Å²) in [6.45, 7) is 3.54. The zero-order valence-electron chi connectivity index (χ0n) is 10.4. The Labute approximate surface area is 106 Å². The second-order valence-electron chi connectivity index (χ2n) is 4.38. The third-order valence-corrected chi connectivity index (χ3v) is 3.18. The highest BCUT2D eigenvalue weighted by Crippen LogP contribution is 2.29. The van der Waals surface area contributed by atoms with Crippen molar-refractivity contribution in [2.24, 2.45) is 0 Å². The van der Waals surface area contributed by atoms with Gasteiger partial charge in [0.15, 0.2) is 5.82 Å². The van der Waals surface area contributed by atoms with Crippen LogP contribution in [-0.4, -0.2) is 21.4 Å². The molecule has 3 rings (SSSR count). The fraction of sp³-hybridized carbons (Fsp3) is 0.385. The van der Waals surface area contributed by atoms with Crippen LogP contribution in [0.3, 0.4) is 0 Å². The van der Waals surface area contributed by atoms with Crippen molar-refractivity contribution in [3.63, 3.8) is 0 Å². The number of nitrogen functional groups attached to an aromatic ring is 1. The van der Waals surface area contributed by atoms with Crippen molar-refractivity contribution >= 4 is 5.69 Å². The van der Waals surface area contributed by atoms with Gasteiger partial charge < -0.3 is 15.0 Å². The first-order valence-corrected chi connectivity index (χ1v) is 6.24. The molecule has 0 unspecified atom stereocenters. The Morgan fingerprint density at radius 1 is 1.39 bits per heavy atom. The molecule has 5 heteroatoms. The lowest BCUT2D eigenvalue weighted by Gasteiger charge is -2.09. The van der Waals surface area contributed by atoms with Gasteiger partial charge in [-0.25, -0.2) is 0 Å². The molecule has 0 atom stereocenters. The standard InChI is InChI=1S/C13H16N4O/c1-2-18-11-8-9(5-6-10(11)14)13-16-15-12-4-3-7-17(12)13/h5-6,8H,2-4,7,14H2,1H3. The number of hydrogen-bond donors (Lipinski definition) is 1. The Morgan fingerprint density at radius 2 is 2.28 bits per heavy atom. The van der Waals surface area contributed by atoms with Crippen molar-refractivity contribution < 1.29 is 4.74 Å². The van der Waals surface area contributed by atoms with E-state index in [0.29, 0.717) is 18.0 Å². The van der Waals surface area contributed by atoms with E-state index in [0.717, 1.165) is 36.6 Å². The van der Waals surface area contributed by atoms with Gasteiger partial charge in [0.05, 0.1) is 12.3 Å². The van der Waals surface area contributed by atoms with Crippen LogP contribution in [0.2, 0.25) is 0 Å². The molecule has 1 aromatic heterocycles. The summed E-state index contributed by atoms with van der Waals surface area (Å²) < 4.78 is 7.68. The van der Waals surface area contributed by atoms with Crippen molar-refractivity contribution in [1.82, 2.24) is 14.8 Å². The number of nitrogens with zero attached hydrogens (tertiary/aromatic N) is 3. The molecule has 0 fully saturated rings. The van der Waals surface area contributed by atoms with Crippen LogP contribution in [0.4, 0.5) is 5.69 Å². The van der Waals surface area contributed by atoms with Crippen molar-refractivity contribution in [1.29, 1.82) is 0 Å². The zero-order chi connectivity index (χ0) is 12.5. The summed E-state index contributed by atoms with van der Waals surface area (Å²) in [6.07, 6.45) is 2.16. The Hall–Kier alpha value is -2.04. The van der Waals surface area contributed by atoms with E-state index in [-0.39, 0.29) is 0 Å². The predicted octanol–water partition coefficient (Wildman–Crippen LogP) is 1.87. The largest absolute Gasteiger partial charge is 0.492 e. The van der Waals surface area contributed by atoms with E-state index in [1.165, 1.54) is 0 Å². The summed E-state index contributed by atoms with van der Waals surface area (Å²) in [7, 11) is 0. The normalized spacial score (nSPS) is 13.6. The number of aromatic nitrogens is 3. The summed E-state index contributed by atoms with van der Waals surface area (Å²) >= 11 is 0. The molecule has 0 amide bonds. The molecule has 0 aliphatic carbocycles. The van der Waals surface area contributed by atoms with Gasteiger partial charge in [-0.3, -0.25) is 0 Å². The van der Waals surface area contributed by atoms with Gasteiger partial charge in [0.2, 0.25) is 0 Å². The number of hydrogen-bond acceptors (Lipinski definition) is 4. The third-order valence-electron chi connectivity index (χ3n) is 3.18. The Balaban J connectivity index is 2.03. The Morgan fingerprint density at radius 3 is 3.11 bits per heavy atom. The van der Waals surface area contributed by atoms with Gasteiger partial charge in [0.25, 0.3) is 0 Å². The molecular formula is C13H16N4O. The van der Waals surface area contributed by atoms with Crippen LogP contribution in [0.15, 0.2) is 18.2 Å². The molecule has 0 bridgehead atoms. The predicted molar refractivity (Wildman–Crippen MR) is 69.4 cm³/mol. The molecule has 1 aliphatic rings. The lowest BCUT2D eigenvalue weighted by molar-refractivity contribution is 0.342.